The van der Waals surface area contributed by atoms with Crippen LogP contribution in [0.25, 0.3) is 0 Å². The predicted molar refractivity (Wildman–Crippen MR) is 125 cm³/mol. The fourth-order valence-corrected chi connectivity index (χ4v) is 4.15. The molecule has 3 aromatic rings. The third kappa shape index (κ3) is 5.93. The van der Waals surface area contributed by atoms with Crippen LogP contribution in [0.5, 0.6) is 0 Å². The largest absolute Gasteiger partial charge is 0.355 e. The lowest BCUT2D eigenvalue weighted by atomic mass is 9.88. The molecule has 0 saturated carbocycles. The number of guanidine groups is 1. The number of rotatable bonds is 8. The van der Waals surface area contributed by atoms with Gasteiger partial charge in [0.1, 0.15) is 18.0 Å². The smallest absolute Gasteiger partial charge is 0.191 e. The third-order valence-electron chi connectivity index (χ3n) is 5.93. The van der Waals surface area contributed by atoms with Gasteiger partial charge in [-0.15, -0.1) is 10.2 Å². The van der Waals surface area contributed by atoms with E-state index in [0.717, 1.165) is 62.5 Å². The van der Waals surface area contributed by atoms with Crippen LogP contribution in [0.2, 0.25) is 0 Å². The van der Waals surface area contributed by atoms with E-state index >= 15 is 0 Å². The van der Waals surface area contributed by atoms with Gasteiger partial charge in [-0.2, -0.15) is 0 Å². The number of hydrogen-bond acceptors (Lipinski definition) is 3. The first-order valence-electron chi connectivity index (χ1n) is 11.4. The van der Waals surface area contributed by atoms with Crippen molar-refractivity contribution in [2.45, 2.75) is 51.6 Å². The highest BCUT2D eigenvalue weighted by Crippen LogP contribution is 2.21. The minimum atomic E-state index is -0.209. The SMILES string of the molecule is CCc1nncn1CCNC(=NCCc1ccc(F)cc1)NC1CCc2ccccc2C1. The van der Waals surface area contributed by atoms with Gasteiger partial charge >= 0.3 is 0 Å². The van der Waals surface area contributed by atoms with Crippen LogP contribution in [0.15, 0.2) is 59.9 Å². The number of halogens is 1. The van der Waals surface area contributed by atoms with E-state index in [4.69, 9.17) is 4.99 Å². The zero-order chi connectivity index (χ0) is 22.2. The first-order chi connectivity index (χ1) is 15.7. The van der Waals surface area contributed by atoms with Crippen molar-refractivity contribution in [1.29, 1.82) is 0 Å². The molecule has 0 spiro atoms. The summed E-state index contributed by atoms with van der Waals surface area (Å²) in [5, 5.41) is 15.3. The Morgan fingerprint density at radius 1 is 1.16 bits per heavy atom. The molecule has 6 nitrogen and oxygen atoms in total. The molecule has 0 radical (unpaired) electrons. The zero-order valence-electron chi connectivity index (χ0n) is 18.6. The summed E-state index contributed by atoms with van der Waals surface area (Å²) in [6.45, 7) is 4.23. The molecule has 32 heavy (non-hydrogen) atoms. The average molecular weight is 435 g/mol. The molecule has 0 amide bonds. The molecular weight excluding hydrogens is 403 g/mol. The molecule has 1 heterocycles. The van der Waals surface area contributed by atoms with Gasteiger partial charge in [0.25, 0.3) is 0 Å². The van der Waals surface area contributed by atoms with Gasteiger partial charge in [-0.1, -0.05) is 43.3 Å². The van der Waals surface area contributed by atoms with Crippen LogP contribution in [-0.4, -0.2) is 39.9 Å². The van der Waals surface area contributed by atoms with Gasteiger partial charge in [-0.3, -0.25) is 4.99 Å². The Morgan fingerprint density at radius 2 is 1.97 bits per heavy atom. The number of aromatic nitrogens is 3. The fraction of sp³-hybridized carbons (Fsp3) is 0.400. The van der Waals surface area contributed by atoms with E-state index in [1.807, 2.05) is 12.1 Å². The number of nitrogens with one attached hydrogen (secondary N) is 2. The van der Waals surface area contributed by atoms with Crippen molar-refractivity contribution in [3.05, 3.63) is 83.2 Å². The Bertz CT molecular complexity index is 1030. The van der Waals surface area contributed by atoms with Gasteiger partial charge in [0.05, 0.1) is 0 Å². The van der Waals surface area contributed by atoms with Crippen LogP contribution in [0.1, 0.15) is 35.9 Å². The Labute approximate surface area is 189 Å². The van der Waals surface area contributed by atoms with Crippen molar-refractivity contribution in [2.75, 3.05) is 13.1 Å². The second-order valence-corrected chi connectivity index (χ2v) is 8.18. The minimum Gasteiger partial charge on any atom is -0.355 e. The van der Waals surface area contributed by atoms with Crippen LogP contribution in [0, 0.1) is 5.82 Å². The molecule has 168 valence electrons. The number of nitrogens with zero attached hydrogens (tertiary/aromatic N) is 4. The summed E-state index contributed by atoms with van der Waals surface area (Å²) in [5.74, 6) is 1.60. The normalized spacial score (nSPS) is 15.9. The maximum absolute atomic E-state index is 13.2. The van der Waals surface area contributed by atoms with Crippen molar-refractivity contribution in [3.8, 4) is 0 Å². The number of benzene rings is 2. The molecule has 1 aliphatic rings. The van der Waals surface area contributed by atoms with E-state index < -0.39 is 0 Å². The van der Waals surface area contributed by atoms with Crippen molar-refractivity contribution in [1.82, 2.24) is 25.4 Å². The van der Waals surface area contributed by atoms with Gasteiger partial charge in [-0.05, 0) is 54.5 Å². The molecule has 1 aliphatic carbocycles. The Hall–Kier alpha value is -3.22. The van der Waals surface area contributed by atoms with Crippen molar-refractivity contribution in [2.24, 2.45) is 4.99 Å². The van der Waals surface area contributed by atoms with Crippen molar-refractivity contribution >= 4 is 5.96 Å². The Morgan fingerprint density at radius 3 is 2.78 bits per heavy atom. The first-order valence-corrected chi connectivity index (χ1v) is 11.4. The summed E-state index contributed by atoms with van der Waals surface area (Å²) in [7, 11) is 0. The molecular formula is C25H31FN6. The second-order valence-electron chi connectivity index (χ2n) is 8.18. The number of fused-ring (bicyclic) bond motifs is 1. The fourth-order valence-electron chi connectivity index (χ4n) is 4.15. The van der Waals surface area contributed by atoms with Crippen molar-refractivity contribution in [3.63, 3.8) is 0 Å². The molecule has 0 saturated heterocycles. The molecule has 2 N–H and O–H groups in total. The lowest BCUT2D eigenvalue weighted by Gasteiger charge is -2.27. The summed E-state index contributed by atoms with van der Waals surface area (Å²) in [4.78, 5) is 4.81. The maximum atomic E-state index is 13.2. The standard InChI is InChI=1S/C25H31FN6/c1-2-24-31-29-18-32(24)16-15-28-25(27-14-13-19-7-10-22(26)11-8-19)30-23-12-9-20-5-3-4-6-21(20)17-23/h3-8,10-11,18,23H,2,9,12-17H2,1H3,(H2,27,28,30). The van der Waals surface area contributed by atoms with Gasteiger partial charge < -0.3 is 15.2 Å². The summed E-state index contributed by atoms with van der Waals surface area (Å²) < 4.78 is 15.2. The molecule has 7 heteroatoms. The van der Waals surface area contributed by atoms with Crippen LogP contribution < -0.4 is 10.6 Å². The summed E-state index contributed by atoms with van der Waals surface area (Å²) in [6.07, 6.45) is 6.57. The predicted octanol–water partition coefficient (Wildman–Crippen LogP) is 3.32. The van der Waals surface area contributed by atoms with E-state index in [9.17, 15) is 4.39 Å². The van der Waals surface area contributed by atoms with E-state index in [1.54, 1.807) is 6.33 Å². The van der Waals surface area contributed by atoms with Gasteiger partial charge in [0.15, 0.2) is 5.96 Å². The Kier molecular flexibility index (Phi) is 7.48. The molecule has 1 atom stereocenters. The molecule has 1 aromatic heterocycles. The molecule has 0 bridgehead atoms. The molecule has 0 aliphatic heterocycles. The number of aliphatic imine (C=N–C) groups is 1. The summed E-state index contributed by atoms with van der Waals surface area (Å²) >= 11 is 0. The molecule has 2 aromatic carbocycles. The highest BCUT2D eigenvalue weighted by atomic mass is 19.1. The lowest BCUT2D eigenvalue weighted by molar-refractivity contribution is 0.517. The van der Waals surface area contributed by atoms with Crippen molar-refractivity contribution < 1.29 is 4.39 Å². The van der Waals surface area contributed by atoms with Crippen LogP contribution in [0.3, 0.4) is 0 Å². The number of hydrogen-bond donors (Lipinski definition) is 2. The van der Waals surface area contributed by atoms with E-state index in [2.05, 4.69) is 56.6 Å². The first kappa shape index (κ1) is 22.0. The van der Waals surface area contributed by atoms with Crippen LogP contribution in [0.4, 0.5) is 4.39 Å². The maximum Gasteiger partial charge on any atom is 0.191 e. The highest BCUT2D eigenvalue weighted by molar-refractivity contribution is 5.80. The summed E-state index contributed by atoms with van der Waals surface area (Å²) in [6, 6.07) is 15.7. The molecule has 0 fully saturated rings. The summed E-state index contributed by atoms with van der Waals surface area (Å²) in [5.41, 5.74) is 3.95. The molecule has 4 rings (SSSR count). The quantitative estimate of drug-likeness (QED) is 0.422. The monoisotopic (exact) mass is 434 g/mol. The van der Waals surface area contributed by atoms with Crippen LogP contribution >= 0.6 is 0 Å². The van der Waals surface area contributed by atoms with Gasteiger partial charge in [0, 0.05) is 32.1 Å². The zero-order valence-corrected chi connectivity index (χ0v) is 18.6. The van der Waals surface area contributed by atoms with E-state index in [0.29, 0.717) is 12.6 Å². The van der Waals surface area contributed by atoms with E-state index in [1.165, 1.54) is 23.3 Å². The lowest BCUT2D eigenvalue weighted by Crippen LogP contribution is -2.46. The minimum absolute atomic E-state index is 0.209. The number of aryl methyl sites for hydroxylation is 2. The Balaban J connectivity index is 1.37. The van der Waals surface area contributed by atoms with Crippen LogP contribution in [-0.2, 0) is 32.2 Å². The topological polar surface area (TPSA) is 67.1 Å². The second kappa shape index (κ2) is 10.9. The molecule has 1 unspecified atom stereocenters. The van der Waals surface area contributed by atoms with E-state index in [-0.39, 0.29) is 5.82 Å². The van der Waals surface area contributed by atoms with Gasteiger partial charge in [-0.25, -0.2) is 4.39 Å². The third-order valence-corrected chi connectivity index (χ3v) is 5.93. The average Bonchev–Trinajstić information content (AvgIpc) is 3.27. The van der Waals surface area contributed by atoms with Gasteiger partial charge in [0.2, 0.25) is 0 Å². The highest BCUT2D eigenvalue weighted by Gasteiger charge is 2.19.